The minimum atomic E-state index is -0.116. The first-order chi connectivity index (χ1) is 9.35. The van der Waals surface area contributed by atoms with Gasteiger partial charge in [-0.1, -0.05) is 82.3 Å². The fourth-order valence-electron chi connectivity index (χ4n) is 1.66. The summed E-state index contributed by atoms with van der Waals surface area (Å²) in [6, 6.07) is 20.2. The summed E-state index contributed by atoms with van der Waals surface area (Å²) in [7, 11) is 2.77. The Morgan fingerprint density at radius 3 is 1.37 bits per heavy atom. The monoisotopic (exact) mass is 326 g/mol. The van der Waals surface area contributed by atoms with E-state index in [1.165, 1.54) is 21.6 Å². The number of rotatable bonds is 6. The van der Waals surface area contributed by atoms with Crippen LogP contribution in [0.25, 0.3) is 0 Å². The van der Waals surface area contributed by atoms with Crippen molar-refractivity contribution >= 4 is 44.9 Å². The summed E-state index contributed by atoms with van der Waals surface area (Å²) < 4.78 is 6.09. The Hall–Kier alpha value is -0.200. The molecule has 2 aromatic rings. The Balaban J connectivity index is 2.13. The summed E-state index contributed by atoms with van der Waals surface area (Å²) in [6.45, 7) is 0. The Labute approximate surface area is 132 Å². The van der Waals surface area contributed by atoms with Crippen LogP contribution in [0.2, 0.25) is 0 Å². The average Bonchev–Trinajstić information content (AvgIpc) is 2.50. The topological polar surface area (TPSA) is 9.23 Å². The zero-order valence-corrected chi connectivity index (χ0v) is 13.5. The van der Waals surface area contributed by atoms with Gasteiger partial charge in [-0.3, -0.25) is 0 Å². The Bertz CT molecular complexity index is 432. The molecule has 0 saturated heterocycles. The molecule has 2 rings (SSSR count). The Morgan fingerprint density at radius 1 is 0.684 bits per heavy atom. The molecule has 2 atom stereocenters. The third-order valence-corrected chi connectivity index (χ3v) is 4.88. The van der Waals surface area contributed by atoms with Crippen molar-refractivity contribution in [1.82, 2.24) is 0 Å². The highest BCUT2D eigenvalue weighted by Gasteiger charge is 2.19. The first-order valence-corrected chi connectivity index (χ1v) is 9.57. The molecule has 0 fully saturated rings. The van der Waals surface area contributed by atoms with Gasteiger partial charge in [-0.2, -0.15) is 0 Å². The van der Waals surface area contributed by atoms with Crippen LogP contribution in [0.5, 0.6) is 0 Å². The molecule has 0 radical (unpaired) electrons. The first-order valence-electron chi connectivity index (χ1n) is 5.71. The standard InChI is InChI=1S/C14H14OS4/c16-18-13(11-7-3-1-4-8-11)15-14(19-17)12-9-5-2-6-10-12/h1-10,13-14,16-17H. The lowest BCUT2D eigenvalue weighted by Gasteiger charge is -2.22. The molecule has 0 N–H and O–H groups in total. The van der Waals surface area contributed by atoms with Crippen LogP contribution < -0.4 is 0 Å². The van der Waals surface area contributed by atoms with Gasteiger partial charge >= 0.3 is 0 Å². The second-order valence-electron chi connectivity index (χ2n) is 3.83. The maximum atomic E-state index is 6.09. The van der Waals surface area contributed by atoms with Gasteiger partial charge in [0.15, 0.2) is 0 Å². The van der Waals surface area contributed by atoms with Crippen molar-refractivity contribution in [2.24, 2.45) is 0 Å². The van der Waals surface area contributed by atoms with Gasteiger partial charge in [0.25, 0.3) is 0 Å². The Kier molecular flexibility index (Phi) is 6.53. The zero-order chi connectivity index (χ0) is 13.5. The molecule has 0 aromatic heterocycles. The fourth-order valence-corrected chi connectivity index (χ4v) is 3.64. The van der Waals surface area contributed by atoms with Gasteiger partial charge < -0.3 is 4.74 Å². The highest BCUT2D eigenvalue weighted by atomic mass is 33.1. The number of benzene rings is 2. The summed E-state index contributed by atoms with van der Waals surface area (Å²) in [5, 5.41) is 0. The van der Waals surface area contributed by atoms with E-state index < -0.39 is 0 Å². The van der Waals surface area contributed by atoms with E-state index in [0.717, 1.165) is 11.1 Å². The lowest BCUT2D eigenvalue weighted by molar-refractivity contribution is 0.0940. The van der Waals surface area contributed by atoms with Crippen molar-refractivity contribution in [3.63, 3.8) is 0 Å². The molecule has 0 spiro atoms. The van der Waals surface area contributed by atoms with Crippen LogP contribution >= 0.6 is 44.9 Å². The summed E-state index contributed by atoms with van der Waals surface area (Å²) in [6.07, 6.45) is 0. The second kappa shape index (κ2) is 8.17. The molecule has 0 aliphatic heterocycles. The van der Waals surface area contributed by atoms with Crippen molar-refractivity contribution in [3.8, 4) is 0 Å². The van der Waals surface area contributed by atoms with E-state index in [-0.39, 0.29) is 10.9 Å². The van der Waals surface area contributed by atoms with Crippen LogP contribution in [0.1, 0.15) is 22.0 Å². The second-order valence-corrected chi connectivity index (χ2v) is 6.37. The van der Waals surface area contributed by atoms with E-state index in [1.54, 1.807) is 0 Å². The summed E-state index contributed by atoms with van der Waals surface area (Å²) >= 11 is 8.62. The van der Waals surface area contributed by atoms with E-state index in [4.69, 9.17) is 4.74 Å². The van der Waals surface area contributed by atoms with Gasteiger partial charge in [0, 0.05) is 0 Å². The van der Waals surface area contributed by atoms with Gasteiger partial charge in [0.05, 0.1) is 0 Å². The summed E-state index contributed by atoms with van der Waals surface area (Å²) in [5.74, 6) is 0. The van der Waals surface area contributed by atoms with E-state index in [1.807, 2.05) is 60.7 Å². The SMILES string of the molecule is SSC(OC(SS)c1ccccc1)c1ccccc1. The molecular weight excluding hydrogens is 312 g/mol. The maximum absolute atomic E-state index is 6.09. The van der Waals surface area contributed by atoms with Gasteiger partial charge in [-0.15, -0.1) is 23.3 Å². The van der Waals surface area contributed by atoms with E-state index in [9.17, 15) is 0 Å². The molecule has 0 amide bonds. The molecule has 2 aromatic carbocycles. The van der Waals surface area contributed by atoms with Crippen molar-refractivity contribution in [3.05, 3.63) is 71.8 Å². The average molecular weight is 327 g/mol. The molecule has 0 bridgehead atoms. The minimum absolute atomic E-state index is 0.116. The summed E-state index contributed by atoms with van der Waals surface area (Å²) in [5.41, 5.74) is 1.97. The Morgan fingerprint density at radius 2 is 1.05 bits per heavy atom. The third kappa shape index (κ3) is 4.39. The van der Waals surface area contributed by atoms with E-state index in [0.29, 0.717) is 0 Å². The number of thiol groups is 2. The molecule has 0 heterocycles. The molecule has 2 unspecified atom stereocenters. The van der Waals surface area contributed by atoms with Crippen LogP contribution in [0, 0.1) is 0 Å². The first kappa shape index (κ1) is 15.2. The van der Waals surface area contributed by atoms with E-state index >= 15 is 0 Å². The largest absolute Gasteiger partial charge is 0.342 e. The maximum Gasteiger partial charge on any atom is 0.140 e. The lowest BCUT2D eigenvalue weighted by Crippen LogP contribution is -2.03. The lowest BCUT2D eigenvalue weighted by atomic mass is 10.2. The predicted molar refractivity (Wildman–Crippen MR) is 92.6 cm³/mol. The van der Waals surface area contributed by atoms with Crippen LogP contribution in [0.15, 0.2) is 60.7 Å². The van der Waals surface area contributed by atoms with Crippen molar-refractivity contribution in [2.45, 2.75) is 10.9 Å². The highest BCUT2D eigenvalue weighted by Crippen LogP contribution is 2.42. The normalized spacial score (nSPS) is 14.0. The predicted octanol–water partition coefficient (Wildman–Crippen LogP) is 5.56. The quantitative estimate of drug-likeness (QED) is 0.409. The third-order valence-electron chi connectivity index (χ3n) is 2.58. The van der Waals surface area contributed by atoms with Crippen LogP contribution in [-0.4, -0.2) is 0 Å². The van der Waals surface area contributed by atoms with Gasteiger partial charge in [-0.05, 0) is 11.1 Å². The number of hydrogen-bond donors (Lipinski definition) is 2. The van der Waals surface area contributed by atoms with Gasteiger partial charge in [0.2, 0.25) is 0 Å². The van der Waals surface area contributed by atoms with E-state index in [2.05, 4.69) is 23.3 Å². The molecule has 0 saturated carbocycles. The summed E-state index contributed by atoms with van der Waals surface area (Å²) in [4.78, 5) is 0. The highest BCUT2D eigenvalue weighted by molar-refractivity contribution is 8.69. The van der Waals surface area contributed by atoms with Crippen LogP contribution in [0.3, 0.4) is 0 Å². The molecule has 100 valence electrons. The molecular formula is C14H14OS4. The number of ether oxygens (including phenoxy) is 1. The molecule has 1 nitrogen and oxygen atoms in total. The molecule has 0 aliphatic rings. The fraction of sp³-hybridized carbons (Fsp3) is 0.143. The van der Waals surface area contributed by atoms with Crippen LogP contribution in [-0.2, 0) is 4.74 Å². The van der Waals surface area contributed by atoms with Crippen molar-refractivity contribution in [1.29, 1.82) is 0 Å². The van der Waals surface area contributed by atoms with Gasteiger partial charge in [-0.25, -0.2) is 0 Å². The molecule has 5 heteroatoms. The number of hydrogen-bond acceptors (Lipinski definition) is 5. The van der Waals surface area contributed by atoms with Crippen LogP contribution in [0.4, 0.5) is 0 Å². The molecule has 0 aliphatic carbocycles. The minimum Gasteiger partial charge on any atom is -0.342 e. The van der Waals surface area contributed by atoms with Crippen molar-refractivity contribution in [2.75, 3.05) is 0 Å². The smallest absolute Gasteiger partial charge is 0.140 e. The van der Waals surface area contributed by atoms with Gasteiger partial charge in [0.1, 0.15) is 10.9 Å². The van der Waals surface area contributed by atoms with Crippen molar-refractivity contribution < 1.29 is 4.74 Å². The molecule has 19 heavy (non-hydrogen) atoms. The zero-order valence-electron chi connectivity index (χ0n) is 10.0.